The number of methoxy groups -OCH3 is 1. The van der Waals surface area contributed by atoms with Gasteiger partial charge in [-0.05, 0) is 39.4 Å². The maximum Gasteiger partial charge on any atom is 0.328 e. The van der Waals surface area contributed by atoms with Gasteiger partial charge in [-0.15, -0.1) is 0 Å². The summed E-state index contributed by atoms with van der Waals surface area (Å²) in [6.45, 7) is 6.47. The zero-order valence-electron chi connectivity index (χ0n) is 17.4. The Hall–Kier alpha value is -3.14. The summed E-state index contributed by atoms with van der Waals surface area (Å²) in [5.74, 6) is -0.753. The SMILES string of the molecule is COC(=O)[C@H](Cc1ccc(C(C)(C)C)cc1)NC(=O)c1ccc2ccccc2c1. The number of hydrogen-bond acceptors (Lipinski definition) is 3. The molecule has 150 valence electrons. The lowest BCUT2D eigenvalue weighted by molar-refractivity contribution is -0.142. The van der Waals surface area contributed by atoms with Crippen LogP contribution in [-0.4, -0.2) is 25.0 Å². The Bertz CT molecular complexity index is 1020. The molecule has 0 aliphatic heterocycles. The van der Waals surface area contributed by atoms with Gasteiger partial charge in [0.25, 0.3) is 5.91 Å². The Kier molecular flexibility index (Phi) is 6.02. The van der Waals surface area contributed by atoms with Crippen LogP contribution in [-0.2, 0) is 21.4 Å². The largest absolute Gasteiger partial charge is 0.467 e. The van der Waals surface area contributed by atoms with Crippen LogP contribution in [0.4, 0.5) is 0 Å². The first-order chi connectivity index (χ1) is 13.8. The van der Waals surface area contributed by atoms with Gasteiger partial charge >= 0.3 is 5.97 Å². The number of hydrogen-bond donors (Lipinski definition) is 1. The van der Waals surface area contributed by atoms with Gasteiger partial charge in [-0.1, -0.05) is 75.4 Å². The minimum Gasteiger partial charge on any atom is -0.467 e. The van der Waals surface area contributed by atoms with E-state index >= 15 is 0 Å². The number of carbonyl (C=O) groups excluding carboxylic acids is 2. The third kappa shape index (κ3) is 5.02. The number of amides is 1. The lowest BCUT2D eigenvalue weighted by Crippen LogP contribution is -2.43. The molecule has 0 spiro atoms. The first-order valence-corrected chi connectivity index (χ1v) is 9.75. The van der Waals surface area contributed by atoms with Gasteiger partial charge in [-0.3, -0.25) is 4.79 Å². The van der Waals surface area contributed by atoms with Gasteiger partial charge in [0.1, 0.15) is 6.04 Å². The van der Waals surface area contributed by atoms with Gasteiger partial charge in [0, 0.05) is 12.0 Å². The second kappa shape index (κ2) is 8.48. The Labute approximate surface area is 171 Å². The molecular weight excluding hydrogens is 362 g/mol. The van der Waals surface area contributed by atoms with Gasteiger partial charge < -0.3 is 10.1 Å². The fraction of sp³-hybridized carbons (Fsp3) is 0.280. The van der Waals surface area contributed by atoms with Crippen LogP contribution in [0.25, 0.3) is 10.8 Å². The molecule has 0 aromatic heterocycles. The van der Waals surface area contributed by atoms with E-state index < -0.39 is 12.0 Å². The third-order valence-electron chi connectivity index (χ3n) is 5.06. The summed E-state index contributed by atoms with van der Waals surface area (Å²) in [7, 11) is 1.33. The summed E-state index contributed by atoms with van der Waals surface area (Å²) < 4.78 is 4.92. The molecule has 0 saturated heterocycles. The smallest absolute Gasteiger partial charge is 0.328 e. The Morgan fingerprint density at radius 2 is 1.59 bits per heavy atom. The standard InChI is InChI=1S/C25H27NO3/c1-25(2,3)21-13-9-17(10-14-21)15-22(24(28)29-4)26-23(27)20-12-11-18-7-5-6-8-19(18)16-20/h5-14,16,22H,15H2,1-4H3,(H,26,27)/t22-/m0/s1. The number of nitrogens with one attached hydrogen (secondary N) is 1. The molecule has 3 aromatic carbocycles. The molecular formula is C25H27NO3. The molecule has 3 aromatic rings. The monoisotopic (exact) mass is 389 g/mol. The first kappa shape index (κ1) is 20.6. The number of esters is 1. The van der Waals surface area contributed by atoms with E-state index in [9.17, 15) is 9.59 Å². The van der Waals surface area contributed by atoms with Gasteiger partial charge in [-0.25, -0.2) is 4.79 Å². The lowest BCUT2D eigenvalue weighted by atomic mass is 9.86. The van der Waals surface area contributed by atoms with Crippen molar-refractivity contribution in [1.82, 2.24) is 5.32 Å². The summed E-state index contributed by atoms with van der Waals surface area (Å²) in [5, 5.41) is 4.87. The van der Waals surface area contributed by atoms with E-state index in [1.54, 1.807) is 6.07 Å². The highest BCUT2D eigenvalue weighted by Crippen LogP contribution is 2.22. The molecule has 29 heavy (non-hydrogen) atoms. The molecule has 0 bridgehead atoms. The summed E-state index contributed by atoms with van der Waals surface area (Å²) in [6.07, 6.45) is 0.371. The van der Waals surface area contributed by atoms with Crippen LogP contribution in [0.1, 0.15) is 42.3 Å². The average Bonchev–Trinajstić information content (AvgIpc) is 2.72. The van der Waals surface area contributed by atoms with Crippen LogP contribution in [0.15, 0.2) is 66.7 Å². The maximum absolute atomic E-state index is 12.8. The molecule has 0 aliphatic rings. The normalized spacial score (nSPS) is 12.4. The van der Waals surface area contributed by atoms with E-state index in [-0.39, 0.29) is 11.3 Å². The van der Waals surface area contributed by atoms with Crippen molar-refractivity contribution in [3.63, 3.8) is 0 Å². The predicted octanol–water partition coefficient (Wildman–Crippen LogP) is 4.65. The van der Waals surface area contributed by atoms with E-state index in [1.165, 1.54) is 12.7 Å². The van der Waals surface area contributed by atoms with Crippen LogP contribution >= 0.6 is 0 Å². The quantitative estimate of drug-likeness (QED) is 0.646. The summed E-state index contributed by atoms with van der Waals surface area (Å²) >= 11 is 0. The molecule has 1 N–H and O–H groups in total. The molecule has 1 amide bonds. The van der Waals surface area contributed by atoms with Gasteiger partial charge in [-0.2, -0.15) is 0 Å². The van der Waals surface area contributed by atoms with E-state index in [4.69, 9.17) is 4.74 Å². The number of ether oxygens (including phenoxy) is 1. The minimum absolute atomic E-state index is 0.0601. The van der Waals surface area contributed by atoms with Gasteiger partial charge in [0.05, 0.1) is 7.11 Å². The second-order valence-corrected chi connectivity index (χ2v) is 8.26. The molecule has 0 aliphatic carbocycles. The highest BCUT2D eigenvalue weighted by atomic mass is 16.5. The van der Waals surface area contributed by atoms with E-state index in [1.807, 2.05) is 48.5 Å². The van der Waals surface area contributed by atoms with Crippen LogP contribution in [0.5, 0.6) is 0 Å². The van der Waals surface area contributed by atoms with E-state index in [0.29, 0.717) is 12.0 Å². The van der Waals surface area contributed by atoms with E-state index in [0.717, 1.165) is 16.3 Å². The topological polar surface area (TPSA) is 55.4 Å². The zero-order chi connectivity index (χ0) is 21.0. The first-order valence-electron chi connectivity index (χ1n) is 9.75. The third-order valence-corrected chi connectivity index (χ3v) is 5.06. The molecule has 1 atom stereocenters. The average molecular weight is 389 g/mol. The highest BCUT2D eigenvalue weighted by molar-refractivity contribution is 6.00. The maximum atomic E-state index is 12.8. The van der Waals surface area contributed by atoms with Crippen molar-refractivity contribution >= 4 is 22.6 Å². The predicted molar refractivity (Wildman–Crippen MR) is 116 cm³/mol. The van der Waals surface area contributed by atoms with Crippen LogP contribution < -0.4 is 5.32 Å². The van der Waals surface area contributed by atoms with Crippen molar-refractivity contribution in [3.8, 4) is 0 Å². The van der Waals surface area contributed by atoms with Gasteiger partial charge in [0.15, 0.2) is 0 Å². The van der Waals surface area contributed by atoms with Crippen molar-refractivity contribution in [3.05, 3.63) is 83.4 Å². The fourth-order valence-electron chi connectivity index (χ4n) is 3.28. The lowest BCUT2D eigenvalue weighted by Gasteiger charge is -2.20. The summed E-state index contributed by atoms with van der Waals surface area (Å²) in [6, 6.07) is 20.7. The van der Waals surface area contributed by atoms with Crippen LogP contribution in [0, 0.1) is 0 Å². The van der Waals surface area contributed by atoms with Crippen molar-refractivity contribution in [1.29, 1.82) is 0 Å². The number of carbonyl (C=O) groups is 2. The molecule has 0 fully saturated rings. The van der Waals surface area contributed by atoms with Crippen molar-refractivity contribution in [2.75, 3.05) is 7.11 Å². The fourth-order valence-corrected chi connectivity index (χ4v) is 3.28. The highest BCUT2D eigenvalue weighted by Gasteiger charge is 2.23. The van der Waals surface area contributed by atoms with Crippen LogP contribution in [0.2, 0.25) is 0 Å². The Morgan fingerprint density at radius 3 is 2.21 bits per heavy atom. The van der Waals surface area contributed by atoms with Crippen LogP contribution in [0.3, 0.4) is 0 Å². The minimum atomic E-state index is -0.751. The Balaban J connectivity index is 1.77. The Morgan fingerprint density at radius 1 is 0.931 bits per heavy atom. The zero-order valence-corrected chi connectivity index (χ0v) is 17.4. The van der Waals surface area contributed by atoms with Crippen molar-refractivity contribution < 1.29 is 14.3 Å². The number of rotatable bonds is 5. The van der Waals surface area contributed by atoms with E-state index in [2.05, 4.69) is 38.2 Å². The van der Waals surface area contributed by atoms with Crippen molar-refractivity contribution in [2.24, 2.45) is 0 Å². The van der Waals surface area contributed by atoms with Gasteiger partial charge in [0.2, 0.25) is 0 Å². The summed E-state index contributed by atoms with van der Waals surface area (Å²) in [4.78, 5) is 25.1. The second-order valence-electron chi connectivity index (χ2n) is 8.26. The number of fused-ring (bicyclic) bond motifs is 1. The molecule has 0 heterocycles. The molecule has 0 unspecified atom stereocenters. The number of benzene rings is 3. The molecule has 4 nitrogen and oxygen atoms in total. The molecule has 0 saturated carbocycles. The summed E-state index contributed by atoms with van der Waals surface area (Å²) in [5.41, 5.74) is 2.76. The molecule has 4 heteroatoms. The molecule has 0 radical (unpaired) electrons. The molecule has 3 rings (SSSR count). The van der Waals surface area contributed by atoms with Crippen molar-refractivity contribution in [2.45, 2.75) is 38.6 Å².